The number of halogens is 2. The molecule has 0 saturated heterocycles. The molecule has 1 aromatic carbocycles. The van der Waals surface area contributed by atoms with Crippen LogP contribution in [0.4, 0.5) is 8.78 Å². The molecule has 0 atom stereocenters. The fourth-order valence-corrected chi connectivity index (χ4v) is 1.84. The quantitative estimate of drug-likeness (QED) is 0.525. The molecule has 0 fully saturated rings. The monoisotopic (exact) mass is 356 g/mol. The molecule has 25 heavy (non-hydrogen) atoms. The predicted octanol–water partition coefficient (Wildman–Crippen LogP) is 2.20. The van der Waals surface area contributed by atoms with Crippen molar-refractivity contribution in [2.45, 2.75) is 20.5 Å². The second-order valence-electron chi connectivity index (χ2n) is 5.33. The van der Waals surface area contributed by atoms with Crippen LogP contribution >= 0.6 is 0 Å². The Balaban J connectivity index is 2.62. The average Bonchev–Trinajstić information content (AvgIpc) is 2.56. The van der Waals surface area contributed by atoms with Crippen LogP contribution in [0.25, 0.3) is 6.08 Å². The number of ether oxygens (including phenoxy) is 2. The lowest BCUT2D eigenvalue weighted by Crippen LogP contribution is -2.35. The molecule has 0 saturated carbocycles. The van der Waals surface area contributed by atoms with E-state index in [-0.39, 0.29) is 35.4 Å². The normalized spacial score (nSPS) is 11.0. The second kappa shape index (κ2) is 10.3. The molecule has 0 aliphatic heterocycles. The van der Waals surface area contributed by atoms with Crippen molar-refractivity contribution in [3.8, 4) is 11.5 Å². The third kappa shape index (κ3) is 7.19. The average molecular weight is 356 g/mol. The Morgan fingerprint density at radius 2 is 1.88 bits per heavy atom. The number of methoxy groups -OCH3 is 1. The van der Waals surface area contributed by atoms with Gasteiger partial charge in [-0.2, -0.15) is 8.78 Å². The minimum atomic E-state index is -3.01. The molecule has 0 aliphatic rings. The first kappa shape index (κ1) is 20.4. The van der Waals surface area contributed by atoms with Gasteiger partial charge < -0.3 is 20.1 Å². The smallest absolute Gasteiger partial charge is 0.387 e. The van der Waals surface area contributed by atoms with Crippen molar-refractivity contribution in [2.24, 2.45) is 5.92 Å². The van der Waals surface area contributed by atoms with Gasteiger partial charge in [-0.1, -0.05) is 26.0 Å². The predicted molar refractivity (Wildman–Crippen MR) is 89.5 cm³/mol. The van der Waals surface area contributed by atoms with Gasteiger partial charge in [-0.25, -0.2) is 0 Å². The molecular formula is C17H22F2N2O4. The maximum absolute atomic E-state index is 12.5. The number of alkyl halides is 2. The highest BCUT2D eigenvalue weighted by atomic mass is 19.3. The second-order valence-corrected chi connectivity index (χ2v) is 5.33. The standard InChI is InChI=1S/C17H22F2N2O4/c1-11(2)16(23)21-10-9-20-14(22)8-7-12-5-4-6-13(24-3)15(12)25-17(18)19/h4-8,11,17H,9-10H2,1-3H3,(H,20,22)(H,21,23)/b8-7+. The van der Waals surface area contributed by atoms with E-state index >= 15 is 0 Å². The molecule has 0 radical (unpaired) electrons. The third-order valence-corrected chi connectivity index (χ3v) is 3.10. The van der Waals surface area contributed by atoms with Gasteiger partial charge >= 0.3 is 6.61 Å². The molecule has 0 spiro atoms. The fourth-order valence-electron chi connectivity index (χ4n) is 1.84. The first-order valence-corrected chi connectivity index (χ1v) is 7.70. The summed E-state index contributed by atoms with van der Waals surface area (Å²) in [6.07, 6.45) is 2.54. The van der Waals surface area contributed by atoms with Gasteiger partial charge in [0.05, 0.1) is 7.11 Å². The highest BCUT2D eigenvalue weighted by Crippen LogP contribution is 2.33. The summed E-state index contributed by atoms with van der Waals surface area (Å²) in [5.41, 5.74) is 0.280. The Morgan fingerprint density at radius 1 is 1.20 bits per heavy atom. The van der Waals surface area contributed by atoms with Crippen molar-refractivity contribution in [3.05, 3.63) is 29.8 Å². The van der Waals surface area contributed by atoms with Gasteiger partial charge in [-0.3, -0.25) is 9.59 Å². The molecule has 0 aliphatic carbocycles. The number of carbonyl (C=O) groups is 2. The molecule has 6 nitrogen and oxygen atoms in total. The zero-order valence-electron chi connectivity index (χ0n) is 14.3. The number of rotatable bonds is 9. The largest absolute Gasteiger partial charge is 0.493 e. The van der Waals surface area contributed by atoms with Crippen LogP contribution in [-0.2, 0) is 9.59 Å². The lowest BCUT2D eigenvalue weighted by molar-refractivity contribution is -0.124. The Hall–Kier alpha value is -2.64. The molecule has 1 rings (SSSR count). The number of amides is 2. The zero-order valence-corrected chi connectivity index (χ0v) is 14.3. The molecule has 0 aromatic heterocycles. The summed E-state index contributed by atoms with van der Waals surface area (Å²) in [6.45, 7) is 1.07. The Labute approximate surface area is 145 Å². The van der Waals surface area contributed by atoms with Gasteiger partial charge in [0.25, 0.3) is 0 Å². The molecule has 138 valence electrons. The minimum Gasteiger partial charge on any atom is -0.493 e. The van der Waals surface area contributed by atoms with E-state index in [0.717, 1.165) is 0 Å². The highest BCUT2D eigenvalue weighted by Gasteiger charge is 2.14. The zero-order chi connectivity index (χ0) is 18.8. The van der Waals surface area contributed by atoms with Crippen molar-refractivity contribution in [3.63, 3.8) is 0 Å². The maximum atomic E-state index is 12.5. The summed E-state index contributed by atoms with van der Waals surface area (Å²) in [5.74, 6) is -0.663. The van der Waals surface area contributed by atoms with E-state index in [1.165, 1.54) is 31.4 Å². The first-order valence-electron chi connectivity index (χ1n) is 7.70. The van der Waals surface area contributed by atoms with Crippen molar-refractivity contribution in [1.29, 1.82) is 0 Å². The summed E-state index contributed by atoms with van der Waals surface area (Å²) in [6, 6.07) is 4.59. The number of carbonyl (C=O) groups excluding carboxylic acids is 2. The lowest BCUT2D eigenvalue weighted by Gasteiger charge is -2.12. The van der Waals surface area contributed by atoms with Crippen LogP contribution in [0.5, 0.6) is 11.5 Å². The summed E-state index contributed by atoms with van der Waals surface area (Å²) >= 11 is 0. The third-order valence-electron chi connectivity index (χ3n) is 3.10. The number of para-hydroxylation sites is 1. The molecular weight excluding hydrogens is 334 g/mol. The van der Waals surface area contributed by atoms with Crippen LogP contribution in [0.1, 0.15) is 19.4 Å². The van der Waals surface area contributed by atoms with Crippen molar-refractivity contribution >= 4 is 17.9 Å². The molecule has 0 bridgehead atoms. The van der Waals surface area contributed by atoms with Crippen molar-refractivity contribution in [2.75, 3.05) is 20.2 Å². The van der Waals surface area contributed by atoms with Crippen LogP contribution in [0.3, 0.4) is 0 Å². The van der Waals surface area contributed by atoms with E-state index in [1.807, 2.05) is 0 Å². The van der Waals surface area contributed by atoms with E-state index in [4.69, 9.17) is 4.74 Å². The van der Waals surface area contributed by atoms with Gasteiger partial charge in [0.1, 0.15) is 0 Å². The molecule has 0 unspecified atom stereocenters. The number of hydrogen-bond donors (Lipinski definition) is 2. The van der Waals surface area contributed by atoms with E-state index in [2.05, 4.69) is 15.4 Å². The van der Waals surface area contributed by atoms with Crippen LogP contribution < -0.4 is 20.1 Å². The molecule has 8 heteroatoms. The fraction of sp³-hybridized carbons (Fsp3) is 0.412. The lowest BCUT2D eigenvalue weighted by atomic mass is 10.1. The van der Waals surface area contributed by atoms with Gasteiger partial charge in [-0.15, -0.1) is 0 Å². The molecule has 0 heterocycles. The van der Waals surface area contributed by atoms with Crippen molar-refractivity contribution < 1.29 is 27.8 Å². The summed E-state index contributed by atoms with van der Waals surface area (Å²) in [4.78, 5) is 23.1. The van der Waals surface area contributed by atoms with Crippen LogP contribution in [0.15, 0.2) is 24.3 Å². The molecule has 1 aromatic rings. The topological polar surface area (TPSA) is 76.7 Å². The van der Waals surface area contributed by atoms with E-state index in [9.17, 15) is 18.4 Å². The Bertz CT molecular complexity index is 619. The molecule has 2 N–H and O–H groups in total. The van der Waals surface area contributed by atoms with E-state index < -0.39 is 12.5 Å². The summed E-state index contributed by atoms with van der Waals surface area (Å²) in [7, 11) is 1.33. The first-order chi connectivity index (χ1) is 11.8. The minimum absolute atomic E-state index is 0.102. The SMILES string of the molecule is COc1cccc(/C=C/C(=O)NCCNC(=O)C(C)C)c1OC(F)F. The van der Waals surface area contributed by atoms with E-state index in [1.54, 1.807) is 19.9 Å². The van der Waals surface area contributed by atoms with Gasteiger partial charge in [0, 0.05) is 30.6 Å². The maximum Gasteiger partial charge on any atom is 0.387 e. The van der Waals surface area contributed by atoms with Crippen LogP contribution in [0, 0.1) is 5.92 Å². The number of benzene rings is 1. The van der Waals surface area contributed by atoms with Gasteiger partial charge in [0.15, 0.2) is 11.5 Å². The molecule has 2 amide bonds. The summed E-state index contributed by atoms with van der Waals surface area (Å²) in [5, 5.41) is 5.23. The van der Waals surface area contributed by atoms with Gasteiger partial charge in [-0.05, 0) is 12.1 Å². The Morgan fingerprint density at radius 3 is 2.48 bits per heavy atom. The van der Waals surface area contributed by atoms with Crippen molar-refractivity contribution in [1.82, 2.24) is 10.6 Å². The van der Waals surface area contributed by atoms with Crippen LogP contribution in [0.2, 0.25) is 0 Å². The number of hydrogen-bond acceptors (Lipinski definition) is 4. The highest BCUT2D eigenvalue weighted by molar-refractivity contribution is 5.92. The van der Waals surface area contributed by atoms with Gasteiger partial charge in [0.2, 0.25) is 11.8 Å². The van der Waals surface area contributed by atoms with Crippen LogP contribution in [-0.4, -0.2) is 38.6 Å². The summed E-state index contributed by atoms with van der Waals surface area (Å²) < 4.78 is 34.5. The van der Waals surface area contributed by atoms with E-state index in [0.29, 0.717) is 6.54 Å². The Kier molecular flexibility index (Phi) is 8.38. The number of nitrogens with one attached hydrogen (secondary N) is 2.